The molecule has 27 heavy (non-hydrogen) atoms. The zero-order valence-corrected chi connectivity index (χ0v) is 16.1. The van der Waals surface area contributed by atoms with Crippen molar-refractivity contribution in [3.63, 3.8) is 0 Å². The Bertz CT molecular complexity index is 683. The first-order valence-corrected chi connectivity index (χ1v) is 9.81. The normalized spacial score (nSPS) is 21.4. The molecule has 6 nitrogen and oxygen atoms in total. The molecule has 2 fully saturated rings. The smallest absolute Gasteiger partial charge is 0.312 e. The minimum atomic E-state index is -0.944. The van der Waals surface area contributed by atoms with Gasteiger partial charge >= 0.3 is 5.97 Å². The number of rotatable bonds is 5. The Balaban J connectivity index is 1.74. The Morgan fingerprint density at radius 3 is 2.33 bits per heavy atom. The Morgan fingerprint density at radius 1 is 1.07 bits per heavy atom. The Kier molecular flexibility index (Phi) is 6.14. The summed E-state index contributed by atoms with van der Waals surface area (Å²) < 4.78 is 5.70. The van der Waals surface area contributed by atoms with Gasteiger partial charge in [0.25, 0.3) is 5.91 Å². The van der Waals surface area contributed by atoms with Gasteiger partial charge < -0.3 is 14.5 Å². The van der Waals surface area contributed by atoms with Gasteiger partial charge in [-0.25, -0.2) is 0 Å². The fourth-order valence-electron chi connectivity index (χ4n) is 3.77. The highest BCUT2D eigenvalue weighted by atomic mass is 16.5. The molecule has 0 aromatic heterocycles. The fourth-order valence-corrected chi connectivity index (χ4v) is 3.77. The fraction of sp³-hybridized carbons (Fsp3) is 0.571. The van der Waals surface area contributed by atoms with Crippen LogP contribution in [-0.2, 0) is 19.1 Å². The third-order valence-corrected chi connectivity index (χ3v) is 5.34. The van der Waals surface area contributed by atoms with Crippen LogP contribution in [0.2, 0.25) is 0 Å². The Labute approximate surface area is 160 Å². The van der Waals surface area contributed by atoms with E-state index in [-0.39, 0.29) is 24.3 Å². The van der Waals surface area contributed by atoms with Gasteiger partial charge in [-0.05, 0) is 33.1 Å². The van der Waals surface area contributed by atoms with Gasteiger partial charge in [0.2, 0.25) is 12.0 Å². The maximum atomic E-state index is 13.1. The second-order valence-electron chi connectivity index (χ2n) is 7.65. The van der Waals surface area contributed by atoms with E-state index in [2.05, 4.69) is 0 Å². The van der Waals surface area contributed by atoms with E-state index in [9.17, 15) is 14.4 Å². The summed E-state index contributed by atoms with van der Waals surface area (Å²) in [5.41, 5.74) is 0.673. The predicted octanol–water partition coefficient (Wildman–Crippen LogP) is 2.54. The molecule has 0 bridgehead atoms. The highest BCUT2D eigenvalue weighted by Gasteiger charge is 2.39. The molecule has 2 amide bonds. The molecule has 2 unspecified atom stereocenters. The highest BCUT2D eigenvalue weighted by molar-refractivity contribution is 5.89. The summed E-state index contributed by atoms with van der Waals surface area (Å²) in [6.45, 7) is 5.61. The second-order valence-corrected chi connectivity index (χ2v) is 7.65. The molecule has 0 spiro atoms. The number of nitrogens with zero attached hydrogens (tertiary/aromatic N) is 2. The van der Waals surface area contributed by atoms with E-state index >= 15 is 0 Å². The number of piperidine rings is 1. The molecule has 1 aromatic rings. The molecule has 2 saturated heterocycles. The third kappa shape index (κ3) is 4.49. The van der Waals surface area contributed by atoms with E-state index in [4.69, 9.17) is 4.74 Å². The van der Waals surface area contributed by atoms with Crippen LogP contribution in [0.25, 0.3) is 0 Å². The Morgan fingerprint density at radius 2 is 1.74 bits per heavy atom. The van der Waals surface area contributed by atoms with Crippen molar-refractivity contribution in [2.45, 2.75) is 51.7 Å². The molecule has 0 saturated carbocycles. The van der Waals surface area contributed by atoms with Crippen LogP contribution in [0, 0.1) is 5.92 Å². The van der Waals surface area contributed by atoms with Crippen LogP contribution in [0.1, 0.15) is 51.2 Å². The predicted molar refractivity (Wildman–Crippen MR) is 101 cm³/mol. The van der Waals surface area contributed by atoms with Gasteiger partial charge in [0.15, 0.2) is 0 Å². The molecule has 146 valence electrons. The van der Waals surface area contributed by atoms with Crippen molar-refractivity contribution < 1.29 is 19.1 Å². The number of esters is 1. The van der Waals surface area contributed by atoms with Crippen LogP contribution >= 0.6 is 0 Å². The lowest BCUT2D eigenvalue weighted by atomic mass is 10.0. The van der Waals surface area contributed by atoms with Gasteiger partial charge in [0.05, 0.1) is 5.92 Å². The second kappa shape index (κ2) is 8.55. The summed E-state index contributed by atoms with van der Waals surface area (Å²) in [5, 5.41) is 0. The zero-order valence-electron chi connectivity index (χ0n) is 16.1. The molecule has 0 radical (unpaired) electrons. The first-order valence-electron chi connectivity index (χ1n) is 9.81. The molecule has 3 rings (SSSR count). The number of carbonyl (C=O) groups is 3. The van der Waals surface area contributed by atoms with Gasteiger partial charge in [-0.1, -0.05) is 30.3 Å². The minimum absolute atomic E-state index is 0.0365. The van der Waals surface area contributed by atoms with E-state index in [1.807, 2.05) is 32.0 Å². The van der Waals surface area contributed by atoms with Crippen molar-refractivity contribution in [2.75, 3.05) is 19.6 Å². The van der Waals surface area contributed by atoms with Crippen LogP contribution < -0.4 is 0 Å². The van der Waals surface area contributed by atoms with Gasteiger partial charge in [0.1, 0.15) is 0 Å². The summed E-state index contributed by atoms with van der Waals surface area (Å²) in [6, 6.07) is 9.19. The van der Waals surface area contributed by atoms with Gasteiger partial charge in [-0.2, -0.15) is 0 Å². The van der Waals surface area contributed by atoms with E-state index in [0.29, 0.717) is 25.2 Å². The standard InChI is InChI=1S/C21H28N2O4/c1-15(2)23-14-17(13-18(23)24)21(26)27-19(16-9-5-3-6-10-16)20(25)22-11-7-4-8-12-22/h3,5-6,9-10,15,17,19H,4,7-8,11-14H2,1-2H3. The van der Waals surface area contributed by atoms with Crippen molar-refractivity contribution in [1.82, 2.24) is 9.80 Å². The van der Waals surface area contributed by atoms with E-state index in [0.717, 1.165) is 19.3 Å². The van der Waals surface area contributed by atoms with Crippen molar-refractivity contribution in [1.29, 1.82) is 0 Å². The number of ether oxygens (including phenoxy) is 1. The summed E-state index contributed by atoms with van der Waals surface area (Å²) in [6.07, 6.45) is 2.27. The molecule has 2 aliphatic rings. The van der Waals surface area contributed by atoms with Crippen LogP contribution in [0.15, 0.2) is 30.3 Å². The maximum Gasteiger partial charge on any atom is 0.312 e. The molecular formula is C21H28N2O4. The monoisotopic (exact) mass is 372 g/mol. The van der Waals surface area contributed by atoms with Crippen molar-refractivity contribution in [3.05, 3.63) is 35.9 Å². The van der Waals surface area contributed by atoms with Crippen LogP contribution in [0.4, 0.5) is 0 Å². The number of carbonyl (C=O) groups excluding carboxylic acids is 3. The average molecular weight is 372 g/mol. The van der Waals surface area contributed by atoms with Gasteiger partial charge in [-0.15, -0.1) is 0 Å². The summed E-state index contributed by atoms with van der Waals surface area (Å²) in [5.74, 6) is -1.18. The molecule has 2 aliphatic heterocycles. The summed E-state index contributed by atoms with van der Waals surface area (Å²) in [7, 11) is 0. The summed E-state index contributed by atoms with van der Waals surface area (Å²) in [4.78, 5) is 41.4. The largest absolute Gasteiger partial charge is 0.447 e. The van der Waals surface area contributed by atoms with E-state index in [1.54, 1.807) is 21.9 Å². The zero-order chi connectivity index (χ0) is 19.4. The molecule has 1 aromatic carbocycles. The van der Waals surface area contributed by atoms with E-state index in [1.165, 1.54) is 0 Å². The summed E-state index contributed by atoms with van der Waals surface area (Å²) >= 11 is 0. The maximum absolute atomic E-state index is 13.1. The van der Waals surface area contributed by atoms with Crippen molar-refractivity contribution in [3.8, 4) is 0 Å². The first-order chi connectivity index (χ1) is 13.0. The molecule has 6 heteroatoms. The highest BCUT2D eigenvalue weighted by Crippen LogP contribution is 2.27. The molecule has 0 N–H and O–H groups in total. The lowest BCUT2D eigenvalue weighted by molar-refractivity contribution is -0.164. The SMILES string of the molecule is CC(C)N1CC(C(=O)OC(C(=O)N2CCCCC2)c2ccccc2)CC1=O. The lowest BCUT2D eigenvalue weighted by Gasteiger charge is -2.30. The molecule has 0 aliphatic carbocycles. The molecule has 2 atom stereocenters. The molecule has 2 heterocycles. The number of hydrogen-bond acceptors (Lipinski definition) is 4. The number of benzene rings is 1. The average Bonchev–Trinajstić information content (AvgIpc) is 3.09. The Hall–Kier alpha value is -2.37. The first kappa shape index (κ1) is 19.4. The van der Waals surface area contributed by atoms with E-state index < -0.39 is 18.0 Å². The van der Waals surface area contributed by atoms with Crippen LogP contribution in [0.3, 0.4) is 0 Å². The number of amides is 2. The number of hydrogen-bond donors (Lipinski definition) is 0. The third-order valence-electron chi connectivity index (χ3n) is 5.34. The molecular weight excluding hydrogens is 344 g/mol. The van der Waals surface area contributed by atoms with Crippen LogP contribution in [-0.4, -0.2) is 53.3 Å². The lowest BCUT2D eigenvalue weighted by Crippen LogP contribution is -2.41. The van der Waals surface area contributed by atoms with Gasteiger partial charge in [0, 0.05) is 37.7 Å². The van der Waals surface area contributed by atoms with Crippen molar-refractivity contribution in [2.24, 2.45) is 5.92 Å². The van der Waals surface area contributed by atoms with Crippen molar-refractivity contribution >= 4 is 17.8 Å². The minimum Gasteiger partial charge on any atom is -0.447 e. The van der Waals surface area contributed by atoms with Crippen LogP contribution in [0.5, 0.6) is 0 Å². The quantitative estimate of drug-likeness (QED) is 0.745. The number of likely N-dealkylation sites (tertiary alicyclic amines) is 2. The van der Waals surface area contributed by atoms with Gasteiger partial charge in [-0.3, -0.25) is 14.4 Å². The topological polar surface area (TPSA) is 66.9 Å².